The summed E-state index contributed by atoms with van der Waals surface area (Å²) < 4.78 is 10.7. The van der Waals surface area contributed by atoms with Gasteiger partial charge in [-0.3, -0.25) is 14.4 Å². The van der Waals surface area contributed by atoms with E-state index >= 15 is 0 Å². The van der Waals surface area contributed by atoms with Crippen molar-refractivity contribution in [1.29, 1.82) is 0 Å². The molecule has 0 unspecified atom stereocenters. The standard InChI is InChI=1S/C33H45N5O5/c1-42-29-15-9-24(21-30(29)43-2)32(40)36-27-20-23(31(39)35-26-12-10-25(34)11-13-26)8-14-28(27)37-16-18-38(19-17-37)33(41)22-6-4-3-5-7-22/h8-9,14-15,20-22,25-26H,3-7,10-13,16-19,34H2,1-2H3,(H,35,39)(H,36,40). The van der Waals surface area contributed by atoms with Crippen molar-refractivity contribution in [3.05, 3.63) is 47.5 Å². The molecule has 0 atom stereocenters. The predicted octanol–water partition coefficient (Wildman–Crippen LogP) is 4.18. The van der Waals surface area contributed by atoms with E-state index < -0.39 is 0 Å². The summed E-state index contributed by atoms with van der Waals surface area (Å²) in [5.74, 6) is 0.909. The van der Waals surface area contributed by atoms with E-state index in [1.807, 2.05) is 17.0 Å². The largest absolute Gasteiger partial charge is 0.493 e. The fourth-order valence-electron chi connectivity index (χ4n) is 6.53. The SMILES string of the molecule is COc1ccc(C(=O)Nc2cc(C(=O)NC3CCC(N)CC3)ccc2N2CCN(C(=O)C3CCCCC3)CC2)cc1OC. The number of anilines is 2. The first-order chi connectivity index (χ1) is 20.9. The first-order valence-electron chi connectivity index (χ1n) is 15.6. The van der Waals surface area contributed by atoms with E-state index in [1.54, 1.807) is 31.4 Å². The lowest BCUT2D eigenvalue weighted by Gasteiger charge is -2.39. The zero-order valence-corrected chi connectivity index (χ0v) is 25.4. The molecule has 0 spiro atoms. The molecule has 0 aromatic heterocycles. The van der Waals surface area contributed by atoms with Gasteiger partial charge in [0.2, 0.25) is 5.91 Å². The number of benzene rings is 2. The molecule has 43 heavy (non-hydrogen) atoms. The fraction of sp³-hybridized carbons (Fsp3) is 0.545. The van der Waals surface area contributed by atoms with Crippen molar-refractivity contribution in [2.75, 3.05) is 50.6 Å². The van der Waals surface area contributed by atoms with Gasteiger partial charge in [0.1, 0.15) is 0 Å². The van der Waals surface area contributed by atoms with Crippen LogP contribution in [0.25, 0.3) is 0 Å². The second-order valence-electron chi connectivity index (χ2n) is 12.0. The van der Waals surface area contributed by atoms with Crippen molar-refractivity contribution in [2.24, 2.45) is 11.7 Å². The maximum Gasteiger partial charge on any atom is 0.255 e. The average molecular weight is 592 g/mol. The Balaban J connectivity index is 1.34. The first kappa shape index (κ1) is 30.7. The van der Waals surface area contributed by atoms with Crippen molar-refractivity contribution in [1.82, 2.24) is 10.2 Å². The quantitative estimate of drug-likeness (QED) is 0.420. The number of amides is 3. The lowest BCUT2D eigenvalue weighted by Crippen LogP contribution is -2.50. The van der Waals surface area contributed by atoms with E-state index in [9.17, 15) is 14.4 Å². The summed E-state index contributed by atoms with van der Waals surface area (Å²) in [5, 5.41) is 6.20. The Morgan fingerprint density at radius 2 is 1.42 bits per heavy atom. The van der Waals surface area contributed by atoms with E-state index in [0.717, 1.165) is 57.1 Å². The molecule has 10 nitrogen and oxygen atoms in total. The van der Waals surface area contributed by atoms with E-state index in [4.69, 9.17) is 15.2 Å². The molecule has 10 heteroatoms. The van der Waals surface area contributed by atoms with E-state index in [2.05, 4.69) is 15.5 Å². The minimum absolute atomic E-state index is 0.0894. The van der Waals surface area contributed by atoms with Crippen LogP contribution in [0.4, 0.5) is 11.4 Å². The highest BCUT2D eigenvalue weighted by Gasteiger charge is 2.30. The number of nitrogens with one attached hydrogen (secondary N) is 2. The molecule has 232 valence electrons. The molecule has 1 heterocycles. The molecule has 1 aliphatic heterocycles. The molecule has 0 radical (unpaired) electrons. The van der Waals surface area contributed by atoms with Gasteiger partial charge in [0.05, 0.1) is 25.6 Å². The van der Waals surface area contributed by atoms with Gasteiger partial charge in [-0.05, 0) is 74.9 Å². The molecule has 4 N–H and O–H groups in total. The van der Waals surface area contributed by atoms with Crippen LogP contribution in [0.15, 0.2) is 36.4 Å². The van der Waals surface area contributed by atoms with Crippen LogP contribution >= 0.6 is 0 Å². The van der Waals surface area contributed by atoms with Crippen LogP contribution in [0.1, 0.15) is 78.5 Å². The number of carbonyl (C=O) groups is 3. The van der Waals surface area contributed by atoms with Gasteiger partial charge in [0.25, 0.3) is 11.8 Å². The highest BCUT2D eigenvalue weighted by atomic mass is 16.5. The normalized spacial score (nSPS) is 21.2. The summed E-state index contributed by atoms with van der Waals surface area (Å²) in [6.07, 6.45) is 8.97. The summed E-state index contributed by atoms with van der Waals surface area (Å²) in [5.41, 5.74) is 8.29. The molecule has 1 saturated heterocycles. The second kappa shape index (κ2) is 14.1. The number of ether oxygens (including phenoxy) is 2. The van der Waals surface area contributed by atoms with Gasteiger partial charge < -0.3 is 35.6 Å². The van der Waals surface area contributed by atoms with Gasteiger partial charge in [-0.25, -0.2) is 0 Å². The fourth-order valence-corrected chi connectivity index (χ4v) is 6.53. The maximum atomic E-state index is 13.5. The number of hydrogen-bond donors (Lipinski definition) is 3. The molecule has 3 amide bonds. The minimum Gasteiger partial charge on any atom is -0.493 e. The van der Waals surface area contributed by atoms with Crippen LogP contribution in [-0.4, -0.2) is 75.1 Å². The number of carbonyl (C=O) groups excluding carboxylic acids is 3. The molecule has 3 fully saturated rings. The van der Waals surface area contributed by atoms with Gasteiger partial charge in [0.15, 0.2) is 11.5 Å². The summed E-state index contributed by atoms with van der Waals surface area (Å²) in [6, 6.07) is 10.7. The highest BCUT2D eigenvalue weighted by molar-refractivity contribution is 6.07. The molecule has 2 aromatic rings. The number of nitrogens with zero attached hydrogens (tertiary/aromatic N) is 2. The Bertz CT molecular complexity index is 1290. The van der Waals surface area contributed by atoms with E-state index in [1.165, 1.54) is 13.5 Å². The van der Waals surface area contributed by atoms with Gasteiger partial charge in [0, 0.05) is 55.3 Å². The maximum absolute atomic E-state index is 13.5. The summed E-state index contributed by atoms with van der Waals surface area (Å²) in [7, 11) is 3.07. The average Bonchev–Trinajstić information content (AvgIpc) is 3.05. The zero-order chi connectivity index (χ0) is 30.3. The summed E-state index contributed by atoms with van der Waals surface area (Å²) >= 11 is 0. The smallest absolute Gasteiger partial charge is 0.255 e. The Hall–Kier alpha value is -3.79. The van der Waals surface area contributed by atoms with E-state index in [-0.39, 0.29) is 35.7 Å². The molecular formula is C33H45N5O5. The number of piperazine rings is 1. The lowest BCUT2D eigenvalue weighted by atomic mass is 9.88. The number of hydrogen-bond acceptors (Lipinski definition) is 7. The third kappa shape index (κ3) is 7.41. The Kier molecular flexibility index (Phi) is 10.1. The van der Waals surface area contributed by atoms with Crippen LogP contribution in [0, 0.1) is 5.92 Å². The minimum atomic E-state index is -0.327. The molecule has 2 aromatic carbocycles. The third-order valence-electron chi connectivity index (χ3n) is 9.15. The first-order valence-corrected chi connectivity index (χ1v) is 15.6. The van der Waals surface area contributed by atoms with Crippen molar-refractivity contribution >= 4 is 29.1 Å². The molecule has 5 rings (SSSR count). The zero-order valence-electron chi connectivity index (χ0n) is 25.4. The van der Waals surface area contributed by atoms with Crippen molar-refractivity contribution < 1.29 is 23.9 Å². The van der Waals surface area contributed by atoms with Crippen LogP contribution in [0.2, 0.25) is 0 Å². The Morgan fingerprint density at radius 1 is 0.767 bits per heavy atom. The molecule has 3 aliphatic rings. The highest BCUT2D eigenvalue weighted by Crippen LogP contribution is 2.32. The second-order valence-corrected chi connectivity index (χ2v) is 12.0. The predicted molar refractivity (Wildman–Crippen MR) is 167 cm³/mol. The third-order valence-corrected chi connectivity index (χ3v) is 9.15. The van der Waals surface area contributed by atoms with Crippen LogP contribution in [-0.2, 0) is 4.79 Å². The Labute approximate surface area is 254 Å². The summed E-state index contributed by atoms with van der Waals surface area (Å²) in [4.78, 5) is 44.1. The van der Waals surface area contributed by atoms with Crippen LogP contribution in [0.5, 0.6) is 11.5 Å². The summed E-state index contributed by atoms with van der Waals surface area (Å²) in [6.45, 7) is 2.55. The van der Waals surface area contributed by atoms with Crippen LogP contribution < -0.4 is 30.7 Å². The van der Waals surface area contributed by atoms with Gasteiger partial charge >= 0.3 is 0 Å². The molecule has 0 bridgehead atoms. The van der Waals surface area contributed by atoms with Crippen molar-refractivity contribution in [2.45, 2.75) is 69.9 Å². The molecular weight excluding hydrogens is 546 g/mol. The monoisotopic (exact) mass is 591 g/mol. The number of rotatable bonds is 8. The number of methoxy groups -OCH3 is 2. The topological polar surface area (TPSA) is 126 Å². The van der Waals surface area contributed by atoms with Crippen molar-refractivity contribution in [3.8, 4) is 11.5 Å². The van der Waals surface area contributed by atoms with Gasteiger partial charge in [-0.2, -0.15) is 0 Å². The Morgan fingerprint density at radius 3 is 2.09 bits per heavy atom. The molecule has 2 saturated carbocycles. The van der Waals surface area contributed by atoms with Gasteiger partial charge in [-0.15, -0.1) is 0 Å². The van der Waals surface area contributed by atoms with Crippen LogP contribution in [0.3, 0.4) is 0 Å². The number of nitrogens with two attached hydrogens (primary N) is 1. The molecule has 2 aliphatic carbocycles. The van der Waals surface area contributed by atoms with Gasteiger partial charge in [-0.1, -0.05) is 19.3 Å². The van der Waals surface area contributed by atoms with E-state index in [0.29, 0.717) is 54.5 Å². The van der Waals surface area contributed by atoms with Crippen molar-refractivity contribution in [3.63, 3.8) is 0 Å². The lowest BCUT2D eigenvalue weighted by molar-refractivity contribution is -0.136.